The summed E-state index contributed by atoms with van der Waals surface area (Å²) in [4.78, 5) is 3.74. The predicted octanol–water partition coefficient (Wildman–Crippen LogP) is 0.00408. The Balaban J connectivity index is 2.08. The van der Waals surface area contributed by atoms with Gasteiger partial charge in [-0.25, -0.2) is 18.1 Å². The van der Waals surface area contributed by atoms with E-state index in [1.54, 1.807) is 0 Å². The van der Waals surface area contributed by atoms with Gasteiger partial charge in [-0.3, -0.25) is 0 Å². The molecule has 0 saturated heterocycles. The number of hydrogen-bond acceptors (Lipinski definition) is 5. The zero-order valence-electron chi connectivity index (χ0n) is 9.63. The van der Waals surface area contributed by atoms with Gasteiger partial charge in [-0.1, -0.05) is 0 Å². The monoisotopic (exact) mass is 267 g/mol. The third-order valence-electron chi connectivity index (χ3n) is 3.09. The number of nitrogens with zero attached hydrogens (tertiary/aromatic N) is 2. The molecule has 18 heavy (non-hydrogen) atoms. The number of nitrogens with one attached hydrogen (secondary N) is 1. The van der Waals surface area contributed by atoms with E-state index in [-0.39, 0.29) is 29.2 Å². The van der Waals surface area contributed by atoms with E-state index in [1.165, 1.54) is 12.1 Å². The summed E-state index contributed by atoms with van der Waals surface area (Å²) in [5, 5.41) is 17.7. The van der Waals surface area contributed by atoms with Crippen LogP contribution in [0.2, 0.25) is 0 Å². The quantitative estimate of drug-likeness (QED) is 0.782. The number of sulfonamides is 1. The zero-order valence-corrected chi connectivity index (χ0v) is 10.4. The second-order valence-electron chi connectivity index (χ2n) is 4.47. The van der Waals surface area contributed by atoms with E-state index in [9.17, 15) is 8.42 Å². The molecule has 0 radical (unpaired) electrons. The summed E-state index contributed by atoms with van der Waals surface area (Å²) in [7, 11) is -3.62. The first-order valence-corrected chi connectivity index (χ1v) is 6.96. The molecule has 1 aromatic rings. The van der Waals surface area contributed by atoms with Crippen LogP contribution in [0.15, 0.2) is 23.2 Å². The lowest BCUT2D eigenvalue weighted by Gasteiger charge is -2.12. The van der Waals surface area contributed by atoms with Crippen LogP contribution in [0.25, 0.3) is 0 Å². The van der Waals surface area contributed by atoms with Gasteiger partial charge in [0.05, 0.1) is 0 Å². The molecule has 0 bridgehead atoms. The fraction of sp³-hybridized carbons (Fsp3) is 0.455. The Morgan fingerprint density at radius 1 is 1.50 bits per heavy atom. The van der Waals surface area contributed by atoms with Gasteiger partial charge in [-0.05, 0) is 25.0 Å². The van der Waals surface area contributed by atoms with Crippen molar-refractivity contribution in [2.45, 2.75) is 17.7 Å². The van der Waals surface area contributed by atoms with Crippen LogP contribution in [0.3, 0.4) is 0 Å². The smallest absolute Gasteiger partial charge is 0.242 e. The van der Waals surface area contributed by atoms with Gasteiger partial charge < -0.3 is 5.11 Å². The maximum atomic E-state index is 11.9. The molecule has 0 aromatic carbocycles. The normalized spacial score (nSPS) is 17.1. The van der Waals surface area contributed by atoms with Gasteiger partial charge in [-0.15, -0.1) is 0 Å². The Kier molecular flexibility index (Phi) is 3.34. The maximum absolute atomic E-state index is 11.9. The number of aliphatic hydroxyl groups excluding tert-OH is 1. The Morgan fingerprint density at radius 3 is 2.67 bits per heavy atom. The number of pyridine rings is 1. The van der Waals surface area contributed by atoms with Crippen molar-refractivity contribution in [3.63, 3.8) is 0 Å². The molecule has 2 N–H and O–H groups in total. The molecule has 1 aromatic heterocycles. The summed E-state index contributed by atoms with van der Waals surface area (Å²) in [5.74, 6) is 0. The number of rotatable bonds is 5. The average molecular weight is 267 g/mol. The van der Waals surface area contributed by atoms with E-state index in [4.69, 9.17) is 10.4 Å². The van der Waals surface area contributed by atoms with Crippen molar-refractivity contribution in [1.29, 1.82) is 5.26 Å². The summed E-state index contributed by atoms with van der Waals surface area (Å²) < 4.78 is 26.3. The highest BCUT2D eigenvalue weighted by atomic mass is 32.2. The summed E-state index contributed by atoms with van der Waals surface area (Å²) >= 11 is 0. The topological polar surface area (TPSA) is 103 Å². The van der Waals surface area contributed by atoms with Gasteiger partial charge in [-0.2, -0.15) is 5.26 Å². The lowest BCUT2D eigenvalue weighted by atomic mass is 10.1. The van der Waals surface area contributed by atoms with Crippen molar-refractivity contribution < 1.29 is 13.5 Å². The fourth-order valence-corrected chi connectivity index (χ4v) is 2.61. The van der Waals surface area contributed by atoms with Crippen molar-refractivity contribution in [2.24, 2.45) is 5.41 Å². The molecule has 96 valence electrons. The molecule has 0 spiro atoms. The summed E-state index contributed by atoms with van der Waals surface area (Å²) in [6.45, 7) is 0.215. The minimum atomic E-state index is -3.62. The molecule has 1 aliphatic rings. The summed E-state index contributed by atoms with van der Waals surface area (Å²) in [6.07, 6.45) is 2.81. The highest BCUT2D eigenvalue weighted by molar-refractivity contribution is 7.89. The van der Waals surface area contributed by atoms with Crippen LogP contribution in [-0.4, -0.2) is 31.7 Å². The van der Waals surface area contributed by atoms with E-state index in [0.29, 0.717) is 0 Å². The van der Waals surface area contributed by atoms with Crippen LogP contribution in [0.1, 0.15) is 18.5 Å². The second-order valence-corrected chi connectivity index (χ2v) is 6.24. The first kappa shape index (κ1) is 13.0. The van der Waals surface area contributed by atoms with Gasteiger partial charge in [0.25, 0.3) is 0 Å². The molecular weight excluding hydrogens is 254 g/mol. The molecule has 1 heterocycles. The molecule has 0 amide bonds. The molecule has 6 nitrogen and oxygen atoms in total. The van der Waals surface area contributed by atoms with Gasteiger partial charge >= 0.3 is 0 Å². The summed E-state index contributed by atoms with van der Waals surface area (Å²) in [6, 6.07) is 4.52. The van der Waals surface area contributed by atoms with Gasteiger partial charge in [0.1, 0.15) is 16.7 Å². The first-order chi connectivity index (χ1) is 8.51. The van der Waals surface area contributed by atoms with Gasteiger partial charge in [0.15, 0.2) is 0 Å². The first-order valence-electron chi connectivity index (χ1n) is 5.48. The van der Waals surface area contributed by atoms with E-state index in [1.807, 2.05) is 6.07 Å². The van der Waals surface area contributed by atoms with Crippen LogP contribution in [0.5, 0.6) is 0 Å². The molecule has 1 saturated carbocycles. The lowest BCUT2D eigenvalue weighted by molar-refractivity contribution is 0.213. The molecule has 0 aliphatic heterocycles. The van der Waals surface area contributed by atoms with Crippen LogP contribution in [-0.2, 0) is 10.0 Å². The third kappa shape index (κ3) is 2.67. The van der Waals surface area contributed by atoms with Crippen LogP contribution in [0, 0.1) is 16.7 Å². The molecule has 7 heteroatoms. The SMILES string of the molecule is N#Cc1ccc(S(=O)(=O)NCC2(CO)CC2)cn1. The standard InChI is InChI=1S/C11H13N3O3S/c12-5-9-1-2-10(6-13-9)18(16,17)14-7-11(8-15)3-4-11/h1-2,6,14-15H,3-4,7-8H2. The second kappa shape index (κ2) is 4.65. The number of aromatic nitrogens is 1. The Hall–Kier alpha value is -1.49. The maximum Gasteiger partial charge on any atom is 0.242 e. The zero-order chi connectivity index (χ0) is 13.2. The largest absolute Gasteiger partial charge is 0.396 e. The number of hydrogen-bond donors (Lipinski definition) is 2. The minimum absolute atomic E-state index is 0.0128. The van der Waals surface area contributed by atoms with Crippen LogP contribution >= 0.6 is 0 Å². The minimum Gasteiger partial charge on any atom is -0.396 e. The fourth-order valence-electron chi connectivity index (χ4n) is 1.50. The van der Waals surface area contributed by atoms with E-state index in [0.717, 1.165) is 19.0 Å². The van der Waals surface area contributed by atoms with Crippen LogP contribution in [0.4, 0.5) is 0 Å². The molecule has 0 unspecified atom stereocenters. The van der Waals surface area contributed by atoms with E-state index in [2.05, 4.69) is 9.71 Å². The van der Waals surface area contributed by atoms with E-state index >= 15 is 0 Å². The molecule has 1 fully saturated rings. The van der Waals surface area contributed by atoms with Crippen molar-refractivity contribution >= 4 is 10.0 Å². The molecular formula is C11H13N3O3S. The number of nitriles is 1. The Labute approximate surface area is 105 Å². The third-order valence-corrected chi connectivity index (χ3v) is 4.48. The highest BCUT2D eigenvalue weighted by Gasteiger charge is 2.42. The molecule has 0 atom stereocenters. The van der Waals surface area contributed by atoms with Crippen LogP contribution < -0.4 is 4.72 Å². The predicted molar refractivity (Wildman–Crippen MR) is 62.9 cm³/mol. The summed E-state index contributed by atoms with van der Waals surface area (Å²) in [5.41, 5.74) is -0.115. The van der Waals surface area contributed by atoms with Crippen molar-refractivity contribution in [3.8, 4) is 6.07 Å². The highest BCUT2D eigenvalue weighted by Crippen LogP contribution is 2.44. The van der Waals surface area contributed by atoms with Gasteiger partial charge in [0, 0.05) is 24.8 Å². The van der Waals surface area contributed by atoms with E-state index < -0.39 is 10.0 Å². The number of aliphatic hydroxyl groups is 1. The van der Waals surface area contributed by atoms with Crippen molar-refractivity contribution in [1.82, 2.24) is 9.71 Å². The average Bonchev–Trinajstić information content (AvgIpc) is 3.17. The van der Waals surface area contributed by atoms with Crippen molar-refractivity contribution in [2.75, 3.05) is 13.2 Å². The lowest BCUT2D eigenvalue weighted by Crippen LogP contribution is -2.32. The van der Waals surface area contributed by atoms with Gasteiger partial charge in [0.2, 0.25) is 10.0 Å². The Morgan fingerprint density at radius 2 is 2.22 bits per heavy atom. The van der Waals surface area contributed by atoms with Crippen molar-refractivity contribution in [3.05, 3.63) is 24.0 Å². The Bertz CT molecular complexity index is 571. The molecule has 1 aliphatic carbocycles. The molecule has 2 rings (SSSR count).